The van der Waals surface area contributed by atoms with Gasteiger partial charge in [-0.05, 0) is 79.2 Å². The lowest BCUT2D eigenvalue weighted by Crippen LogP contribution is -2.17. The van der Waals surface area contributed by atoms with Crippen molar-refractivity contribution in [1.82, 2.24) is 0 Å². The number of amides is 1. The van der Waals surface area contributed by atoms with E-state index in [9.17, 15) is 21.6 Å². The van der Waals surface area contributed by atoms with E-state index in [0.29, 0.717) is 22.8 Å². The zero-order chi connectivity index (χ0) is 28.2. The third-order valence-corrected chi connectivity index (χ3v) is 8.77. The van der Waals surface area contributed by atoms with Crippen molar-refractivity contribution in [2.75, 3.05) is 21.9 Å². The Balaban J connectivity index is 1.50. The van der Waals surface area contributed by atoms with Crippen LogP contribution in [0.5, 0.6) is 5.75 Å². The van der Waals surface area contributed by atoms with Crippen molar-refractivity contribution < 1.29 is 26.4 Å². The topological polar surface area (TPSA) is 131 Å². The monoisotopic (exact) mass is 585 g/mol. The second kappa shape index (κ2) is 11.4. The molecule has 3 N–H and O–H groups in total. The first-order valence-electron chi connectivity index (χ1n) is 11.4. The molecule has 1 amide bonds. The average Bonchev–Trinajstić information content (AvgIpc) is 2.89. The van der Waals surface area contributed by atoms with E-state index < -0.39 is 26.0 Å². The van der Waals surface area contributed by atoms with Gasteiger partial charge in [-0.25, -0.2) is 16.8 Å². The second-order valence-electron chi connectivity index (χ2n) is 8.40. The maximum atomic E-state index is 12.9. The summed E-state index contributed by atoms with van der Waals surface area (Å²) in [5.41, 5.74) is 1.83. The number of nitrogens with one attached hydrogen (secondary N) is 3. The van der Waals surface area contributed by atoms with Crippen LogP contribution in [0.1, 0.15) is 15.9 Å². The normalized spacial score (nSPS) is 11.5. The molecule has 4 rings (SSSR count). The summed E-state index contributed by atoms with van der Waals surface area (Å²) in [4.78, 5) is 12.6. The smallest absolute Gasteiger partial charge is 0.263 e. The first kappa shape index (κ1) is 28.0. The lowest BCUT2D eigenvalue weighted by atomic mass is 10.2. The van der Waals surface area contributed by atoms with Gasteiger partial charge in [0.15, 0.2) is 0 Å². The molecule has 0 radical (unpaired) electrons. The summed E-state index contributed by atoms with van der Waals surface area (Å²) in [5, 5.41) is 2.57. The van der Waals surface area contributed by atoms with Gasteiger partial charge in [0.05, 0.1) is 22.7 Å². The Hall–Kier alpha value is -4.06. The van der Waals surface area contributed by atoms with E-state index in [0.717, 1.165) is 5.56 Å². The predicted octanol–water partition coefficient (Wildman–Crippen LogP) is 5.51. The van der Waals surface area contributed by atoms with Crippen molar-refractivity contribution in [1.29, 1.82) is 0 Å². The number of sulfonamides is 2. The molecule has 0 aromatic heterocycles. The molecular weight excluding hydrogens is 562 g/mol. The van der Waals surface area contributed by atoms with Crippen LogP contribution in [0.15, 0.2) is 101 Å². The minimum Gasteiger partial charge on any atom is -0.495 e. The molecular formula is C27H24ClN3O6S2. The van der Waals surface area contributed by atoms with Gasteiger partial charge >= 0.3 is 0 Å². The number of hydrogen-bond acceptors (Lipinski definition) is 6. The summed E-state index contributed by atoms with van der Waals surface area (Å²) in [7, 11) is -6.57. The molecule has 0 unspecified atom stereocenters. The minimum absolute atomic E-state index is 0.0316. The molecule has 202 valence electrons. The van der Waals surface area contributed by atoms with Crippen molar-refractivity contribution in [2.45, 2.75) is 16.7 Å². The van der Waals surface area contributed by atoms with Crippen LogP contribution in [0.2, 0.25) is 5.02 Å². The van der Waals surface area contributed by atoms with Gasteiger partial charge in [0.1, 0.15) is 10.6 Å². The highest BCUT2D eigenvalue weighted by atomic mass is 35.5. The third kappa shape index (κ3) is 6.69. The van der Waals surface area contributed by atoms with E-state index >= 15 is 0 Å². The van der Waals surface area contributed by atoms with Crippen LogP contribution in [0.25, 0.3) is 0 Å². The van der Waals surface area contributed by atoms with Gasteiger partial charge in [0.2, 0.25) is 0 Å². The average molecular weight is 586 g/mol. The van der Waals surface area contributed by atoms with Gasteiger partial charge in [-0.2, -0.15) is 0 Å². The van der Waals surface area contributed by atoms with Crippen LogP contribution in [-0.4, -0.2) is 29.9 Å². The van der Waals surface area contributed by atoms with Crippen LogP contribution in [0.3, 0.4) is 0 Å². The Labute approximate surface area is 231 Å². The summed E-state index contributed by atoms with van der Waals surface area (Å²) in [5.74, 6) is -0.238. The second-order valence-corrected chi connectivity index (χ2v) is 12.1. The zero-order valence-corrected chi connectivity index (χ0v) is 23.2. The van der Waals surface area contributed by atoms with E-state index in [1.807, 2.05) is 6.92 Å². The summed E-state index contributed by atoms with van der Waals surface area (Å²) in [6.07, 6.45) is 0. The third-order valence-electron chi connectivity index (χ3n) is 5.53. The Morgan fingerprint density at radius 2 is 1.46 bits per heavy atom. The molecule has 12 heteroatoms. The number of carbonyl (C=O) groups excluding carboxylic acids is 1. The van der Waals surface area contributed by atoms with Crippen LogP contribution in [0.4, 0.5) is 17.1 Å². The molecule has 0 aliphatic heterocycles. The van der Waals surface area contributed by atoms with Crippen molar-refractivity contribution >= 4 is 54.6 Å². The van der Waals surface area contributed by atoms with Crippen LogP contribution < -0.4 is 19.5 Å². The quantitative estimate of drug-likeness (QED) is 0.237. The maximum Gasteiger partial charge on any atom is 0.263 e. The number of hydrogen-bond donors (Lipinski definition) is 3. The molecule has 0 aliphatic rings. The Morgan fingerprint density at radius 3 is 2.13 bits per heavy atom. The molecule has 0 fully saturated rings. The molecule has 0 bridgehead atoms. The van der Waals surface area contributed by atoms with Gasteiger partial charge < -0.3 is 10.1 Å². The molecule has 0 heterocycles. The molecule has 0 atom stereocenters. The first-order valence-corrected chi connectivity index (χ1v) is 14.8. The number of benzene rings is 4. The van der Waals surface area contributed by atoms with Crippen LogP contribution >= 0.6 is 11.6 Å². The summed E-state index contributed by atoms with van der Waals surface area (Å²) < 4.78 is 61.7. The van der Waals surface area contributed by atoms with Crippen molar-refractivity contribution in [2.24, 2.45) is 0 Å². The van der Waals surface area contributed by atoms with Gasteiger partial charge in [-0.15, -0.1) is 0 Å². The number of ether oxygens (including phenoxy) is 1. The van der Waals surface area contributed by atoms with E-state index in [1.54, 1.807) is 48.5 Å². The molecule has 0 saturated heterocycles. The summed E-state index contributed by atoms with van der Waals surface area (Å²) in [6, 6.07) is 22.8. The lowest BCUT2D eigenvalue weighted by Gasteiger charge is -2.13. The number of carbonyl (C=O) groups is 1. The van der Waals surface area contributed by atoms with E-state index in [2.05, 4.69) is 14.8 Å². The van der Waals surface area contributed by atoms with Gasteiger partial charge in [0.25, 0.3) is 26.0 Å². The fraction of sp³-hybridized carbons (Fsp3) is 0.0741. The Morgan fingerprint density at radius 1 is 0.769 bits per heavy atom. The lowest BCUT2D eigenvalue weighted by molar-refractivity contribution is 0.102. The van der Waals surface area contributed by atoms with Gasteiger partial charge in [0, 0.05) is 16.9 Å². The number of halogens is 1. The van der Waals surface area contributed by atoms with Crippen molar-refractivity contribution in [3.8, 4) is 5.75 Å². The molecule has 39 heavy (non-hydrogen) atoms. The Bertz CT molecular complexity index is 1730. The molecule has 0 saturated carbocycles. The summed E-state index contributed by atoms with van der Waals surface area (Å²) >= 11 is 6.14. The molecule has 0 aliphatic carbocycles. The molecule has 4 aromatic rings. The zero-order valence-electron chi connectivity index (χ0n) is 20.8. The predicted molar refractivity (Wildman–Crippen MR) is 152 cm³/mol. The fourth-order valence-electron chi connectivity index (χ4n) is 3.59. The number of rotatable bonds is 9. The standard InChI is InChI=1S/C27H24ClN3O6S2/c1-18-8-15-25(37-2)24(16-18)31-38(33,34)22-12-10-20(11-13-22)29-27(32)19-9-14-23(28)26(17-19)39(35,36)30-21-6-4-3-5-7-21/h3-17,30-31H,1-2H3,(H,29,32). The first-order chi connectivity index (χ1) is 18.5. The van der Waals surface area contributed by atoms with E-state index in [-0.39, 0.29) is 20.4 Å². The van der Waals surface area contributed by atoms with E-state index in [1.165, 1.54) is 49.6 Å². The van der Waals surface area contributed by atoms with Crippen LogP contribution in [-0.2, 0) is 20.0 Å². The Kier molecular flexibility index (Phi) is 8.14. The van der Waals surface area contributed by atoms with Crippen LogP contribution in [0, 0.1) is 6.92 Å². The van der Waals surface area contributed by atoms with Crippen molar-refractivity contribution in [3.05, 3.63) is 107 Å². The molecule has 4 aromatic carbocycles. The largest absolute Gasteiger partial charge is 0.495 e. The highest BCUT2D eigenvalue weighted by Crippen LogP contribution is 2.29. The van der Waals surface area contributed by atoms with Gasteiger partial charge in [-0.3, -0.25) is 14.2 Å². The number of aryl methyl sites for hydroxylation is 1. The fourth-order valence-corrected chi connectivity index (χ4v) is 6.24. The molecule has 0 spiro atoms. The van der Waals surface area contributed by atoms with E-state index in [4.69, 9.17) is 16.3 Å². The highest BCUT2D eigenvalue weighted by Gasteiger charge is 2.21. The number of para-hydroxylation sites is 1. The number of methoxy groups -OCH3 is 1. The van der Waals surface area contributed by atoms with Gasteiger partial charge in [-0.1, -0.05) is 35.9 Å². The maximum absolute atomic E-state index is 12.9. The van der Waals surface area contributed by atoms with Crippen molar-refractivity contribution in [3.63, 3.8) is 0 Å². The summed E-state index contributed by atoms with van der Waals surface area (Å²) in [6.45, 7) is 1.83. The minimum atomic E-state index is -4.07. The molecule has 9 nitrogen and oxygen atoms in total. The SMILES string of the molecule is COc1ccc(C)cc1NS(=O)(=O)c1ccc(NC(=O)c2ccc(Cl)c(S(=O)(=O)Nc3ccccc3)c2)cc1. The number of anilines is 3. The highest BCUT2D eigenvalue weighted by molar-refractivity contribution is 7.93.